The predicted octanol–water partition coefficient (Wildman–Crippen LogP) is 1.98. The van der Waals surface area contributed by atoms with Crippen molar-refractivity contribution in [3.63, 3.8) is 0 Å². The molecule has 0 saturated carbocycles. The molecule has 0 aromatic heterocycles. The molecule has 1 aliphatic heterocycles. The zero-order valence-corrected chi connectivity index (χ0v) is 10.1. The van der Waals surface area contributed by atoms with Crippen LogP contribution < -0.4 is 5.32 Å². The molecular formula is C10H16F3NO2S. The normalized spacial score (nSPS) is 20.2. The van der Waals surface area contributed by atoms with E-state index in [1.54, 1.807) is 0 Å². The fourth-order valence-electron chi connectivity index (χ4n) is 1.73. The van der Waals surface area contributed by atoms with E-state index in [1.807, 2.05) is 11.8 Å². The quantitative estimate of drug-likeness (QED) is 0.803. The molecule has 3 nitrogen and oxygen atoms in total. The van der Waals surface area contributed by atoms with Crippen molar-refractivity contribution in [2.75, 3.05) is 24.6 Å². The van der Waals surface area contributed by atoms with Crippen LogP contribution in [0.3, 0.4) is 0 Å². The standard InChI is InChI=1S/C10H16F3NO2S/c11-10(12,13)8(9(15)16)6-14-5-7-1-3-17-4-2-7/h7-8,14H,1-6H2,(H,15,16). The van der Waals surface area contributed by atoms with E-state index in [-0.39, 0.29) is 0 Å². The second-order valence-electron chi connectivity index (χ2n) is 4.15. The highest BCUT2D eigenvalue weighted by Gasteiger charge is 2.44. The highest BCUT2D eigenvalue weighted by molar-refractivity contribution is 7.99. The lowest BCUT2D eigenvalue weighted by molar-refractivity contribution is -0.192. The lowest BCUT2D eigenvalue weighted by Gasteiger charge is -2.23. The number of hydrogen-bond acceptors (Lipinski definition) is 3. The molecule has 0 spiro atoms. The fourth-order valence-corrected chi connectivity index (χ4v) is 2.93. The summed E-state index contributed by atoms with van der Waals surface area (Å²) in [5.41, 5.74) is 0. The first-order valence-corrected chi connectivity index (χ1v) is 6.64. The second-order valence-corrected chi connectivity index (χ2v) is 5.37. The molecule has 1 rings (SSSR count). The molecular weight excluding hydrogens is 255 g/mol. The number of thioether (sulfide) groups is 1. The summed E-state index contributed by atoms with van der Waals surface area (Å²) in [7, 11) is 0. The number of rotatable bonds is 5. The molecule has 1 unspecified atom stereocenters. The SMILES string of the molecule is O=C(O)C(CNCC1CCSCC1)C(F)(F)F. The topological polar surface area (TPSA) is 49.3 Å². The molecule has 0 aliphatic carbocycles. The Kier molecular flexibility index (Phi) is 5.58. The maximum Gasteiger partial charge on any atom is 0.403 e. The molecule has 2 N–H and O–H groups in total. The number of aliphatic carboxylic acids is 1. The van der Waals surface area contributed by atoms with Crippen LogP contribution in [0.5, 0.6) is 0 Å². The van der Waals surface area contributed by atoms with Crippen molar-refractivity contribution in [3.05, 3.63) is 0 Å². The van der Waals surface area contributed by atoms with E-state index in [4.69, 9.17) is 5.11 Å². The zero-order valence-electron chi connectivity index (χ0n) is 9.29. The Morgan fingerprint density at radius 1 is 1.41 bits per heavy atom. The summed E-state index contributed by atoms with van der Waals surface area (Å²) in [6.07, 6.45) is -2.70. The second kappa shape index (κ2) is 6.49. The van der Waals surface area contributed by atoms with Crippen molar-refractivity contribution in [1.29, 1.82) is 0 Å². The first kappa shape index (κ1) is 14.6. The van der Waals surface area contributed by atoms with Crippen LogP contribution in [0, 0.1) is 11.8 Å². The third-order valence-electron chi connectivity index (χ3n) is 2.82. The van der Waals surface area contributed by atoms with Gasteiger partial charge >= 0.3 is 12.1 Å². The summed E-state index contributed by atoms with van der Waals surface area (Å²) >= 11 is 1.85. The molecule has 0 radical (unpaired) electrons. The third kappa shape index (κ3) is 5.16. The molecule has 0 bridgehead atoms. The summed E-state index contributed by atoms with van der Waals surface area (Å²) in [4.78, 5) is 10.5. The smallest absolute Gasteiger partial charge is 0.403 e. The van der Waals surface area contributed by atoms with Gasteiger partial charge in [0.05, 0.1) is 0 Å². The van der Waals surface area contributed by atoms with Gasteiger partial charge in [0, 0.05) is 6.54 Å². The number of hydrogen-bond donors (Lipinski definition) is 2. The van der Waals surface area contributed by atoms with E-state index in [1.165, 1.54) is 0 Å². The maximum absolute atomic E-state index is 12.3. The molecule has 1 fully saturated rings. The van der Waals surface area contributed by atoms with E-state index in [0.29, 0.717) is 12.5 Å². The number of carbonyl (C=O) groups is 1. The van der Waals surface area contributed by atoms with Crippen LogP contribution in [0.15, 0.2) is 0 Å². The van der Waals surface area contributed by atoms with Gasteiger partial charge < -0.3 is 10.4 Å². The van der Waals surface area contributed by atoms with Crippen LogP contribution in [0.25, 0.3) is 0 Å². The van der Waals surface area contributed by atoms with Gasteiger partial charge in [-0.3, -0.25) is 4.79 Å². The molecule has 100 valence electrons. The highest BCUT2D eigenvalue weighted by atomic mass is 32.2. The Hall–Kier alpha value is -0.430. The Balaban J connectivity index is 2.29. The van der Waals surface area contributed by atoms with Gasteiger partial charge in [-0.2, -0.15) is 24.9 Å². The van der Waals surface area contributed by atoms with Crippen LogP contribution in [-0.4, -0.2) is 41.8 Å². The fraction of sp³-hybridized carbons (Fsp3) is 0.900. The van der Waals surface area contributed by atoms with Crippen LogP contribution >= 0.6 is 11.8 Å². The molecule has 7 heteroatoms. The van der Waals surface area contributed by atoms with E-state index in [9.17, 15) is 18.0 Å². The minimum absolute atomic E-state index is 0.374. The summed E-state index contributed by atoms with van der Waals surface area (Å²) in [5.74, 6) is -1.68. The van der Waals surface area contributed by atoms with Gasteiger partial charge in [-0.15, -0.1) is 0 Å². The average Bonchev–Trinajstić information content (AvgIpc) is 2.23. The molecule has 1 atom stereocenters. The highest BCUT2D eigenvalue weighted by Crippen LogP contribution is 2.26. The van der Waals surface area contributed by atoms with Gasteiger partial charge in [0.1, 0.15) is 0 Å². The van der Waals surface area contributed by atoms with Gasteiger partial charge in [0.2, 0.25) is 0 Å². The number of nitrogens with one attached hydrogen (secondary N) is 1. The molecule has 0 aromatic rings. The minimum atomic E-state index is -4.68. The Bertz CT molecular complexity index is 254. The Morgan fingerprint density at radius 2 is 2.00 bits per heavy atom. The zero-order chi connectivity index (χ0) is 12.9. The number of halogens is 3. The molecule has 0 amide bonds. The van der Waals surface area contributed by atoms with Gasteiger partial charge in [0.15, 0.2) is 5.92 Å². The number of carboxylic acid groups (broad SMARTS) is 1. The lowest BCUT2D eigenvalue weighted by atomic mass is 10.0. The van der Waals surface area contributed by atoms with Crippen molar-refractivity contribution in [2.45, 2.75) is 19.0 Å². The lowest BCUT2D eigenvalue weighted by Crippen LogP contribution is -2.40. The van der Waals surface area contributed by atoms with Crippen LogP contribution in [0.2, 0.25) is 0 Å². The maximum atomic E-state index is 12.3. The van der Waals surface area contributed by atoms with E-state index < -0.39 is 24.6 Å². The average molecular weight is 271 g/mol. The largest absolute Gasteiger partial charge is 0.481 e. The first-order valence-electron chi connectivity index (χ1n) is 5.49. The van der Waals surface area contributed by atoms with Crippen molar-refractivity contribution >= 4 is 17.7 Å². The summed E-state index contributed by atoms with van der Waals surface area (Å²) in [5, 5.41) is 11.1. The molecule has 0 aromatic carbocycles. The number of carboxylic acids is 1. The predicted molar refractivity (Wildman–Crippen MR) is 60.1 cm³/mol. The summed E-state index contributed by atoms with van der Waals surface area (Å²) in [6, 6.07) is 0. The molecule has 1 heterocycles. The molecule has 1 saturated heterocycles. The molecule has 17 heavy (non-hydrogen) atoms. The van der Waals surface area contributed by atoms with Gasteiger partial charge in [-0.05, 0) is 36.8 Å². The monoisotopic (exact) mass is 271 g/mol. The van der Waals surface area contributed by atoms with Crippen molar-refractivity contribution < 1.29 is 23.1 Å². The van der Waals surface area contributed by atoms with Gasteiger partial charge in [-0.25, -0.2) is 0 Å². The third-order valence-corrected chi connectivity index (χ3v) is 3.86. The van der Waals surface area contributed by atoms with Gasteiger partial charge in [0.25, 0.3) is 0 Å². The van der Waals surface area contributed by atoms with E-state index >= 15 is 0 Å². The van der Waals surface area contributed by atoms with Crippen LogP contribution in [0.1, 0.15) is 12.8 Å². The van der Waals surface area contributed by atoms with Gasteiger partial charge in [-0.1, -0.05) is 0 Å². The van der Waals surface area contributed by atoms with Crippen LogP contribution in [0.4, 0.5) is 13.2 Å². The Morgan fingerprint density at radius 3 is 2.47 bits per heavy atom. The number of alkyl halides is 3. The summed E-state index contributed by atoms with van der Waals surface area (Å²) < 4.78 is 36.9. The van der Waals surface area contributed by atoms with Crippen molar-refractivity contribution in [3.8, 4) is 0 Å². The Labute approximate surface area is 102 Å². The van der Waals surface area contributed by atoms with Crippen molar-refractivity contribution in [1.82, 2.24) is 5.32 Å². The van der Waals surface area contributed by atoms with Crippen LogP contribution in [-0.2, 0) is 4.79 Å². The van der Waals surface area contributed by atoms with E-state index in [0.717, 1.165) is 24.3 Å². The van der Waals surface area contributed by atoms with E-state index in [2.05, 4.69) is 5.32 Å². The van der Waals surface area contributed by atoms with Crippen molar-refractivity contribution in [2.24, 2.45) is 11.8 Å². The molecule has 1 aliphatic rings. The minimum Gasteiger partial charge on any atom is -0.481 e. The first-order chi connectivity index (χ1) is 7.91. The summed E-state index contributed by atoms with van der Waals surface area (Å²) in [6.45, 7) is -0.0666.